The van der Waals surface area contributed by atoms with E-state index in [1.165, 1.54) is 0 Å². The molecule has 0 spiro atoms. The zero-order valence-corrected chi connectivity index (χ0v) is 16.8. The van der Waals surface area contributed by atoms with E-state index in [-0.39, 0.29) is 11.8 Å². The monoisotopic (exact) mass is 403 g/mol. The number of amides is 2. The van der Waals surface area contributed by atoms with Gasteiger partial charge in [0.2, 0.25) is 5.91 Å². The van der Waals surface area contributed by atoms with Crippen LogP contribution >= 0.6 is 0 Å². The summed E-state index contributed by atoms with van der Waals surface area (Å²) in [5.41, 5.74) is 2.39. The standard InChI is InChI=1S/C23H25N5O2/c29-22-9-4-12-28(22)13-5-11-25-23(30)19-14-21(26-16-17-6-3-10-24-15-17)27-20-8-2-1-7-18(19)20/h1-3,6-8,10,14-15H,4-5,9,11-13,16H2,(H,25,30)(H,26,27). The van der Waals surface area contributed by atoms with Gasteiger partial charge in [-0.25, -0.2) is 4.98 Å². The van der Waals surface area contributed by atoms with Gasteiger partial charge in [-0.1, -0.05) is 24.3 Å². The van der Waals surface area contributed by atoms with Crippen LogP contribution in [0.3, 0.4) is 0 Å². The Hall–Kier alpha value is -3.48. The van der Waals surface area contributed by atoms with Crippen molar-refractivity contribution in [2.75, 3.05) is 25.0 Å². The minimum absolute atomic E-state index is 0.134. The van der Waals surface area contributed by atoms with Crippen LogP contribution in [0.1, 0.15) is 35.2 Å². The molecule has 1 saturated heterocycles. The summed E-state index contributed by atoms with van der Waals surface area (Å²) < 4.78 is 0. The van der Waals surface area contributed by atoms with Gasteiger partial charge in [0.1, 0.15) is 5.82 Å². The third kappa shape index (κ3) is 4.74. The van der Waals surface area contributed by atoms with Crippen LogP contribution in [0.5, 0.6) is 0 Å². The minimum atomic E-state index is -0.134. The number of benzene rings is 1. The summed E-state index contributed by atoms with van der Waals surface area (Å²) >= 11 is 0. The van der Waals surface area contributed by atoms with Crippen molar-refractivity contribution in [3.8, 4) is 0 Å². The smallest absolute Gasteiger partial charge is 0.252 e. The summed E-state index contributed by atoms with van der Waals surface area (Å²) in [5, 5.41) is 7.09. The summed E-state index contributed by atoms with van der Waals surface area (Å²) in [4.78, 5) is 35.2. The lowest BCUT2D eigenvalue weighted by Gasteiger charge is -2.15. The van der Waals surface area contributed by atoms with Crippen LogP contribution in [0.15, 0.2) is 54.9 Å². The second-order valence-electron chi connectivity index (χ2n) is 7.38. The molecular weight excluding hydrogens is 378 g/mol. The lowest BCUT2D eigenvalue weighted by atomic mass is 10.1. The zero-order chi connectivity index (χ0) is 20.8. The van der Waals surface area contributed by atoms with Gasteiger partial charge in [-0.05, 0) is 36.6 Å². The van der Waals surface area contributed by atoms with Gasteiger partial charge in [-0.15, -0.1) is 0 Å². The van der Waals surface area contributed by atoms with E-state index in [1.54, 1.807) is 18.5 Å². The van der Waals surface area contributed by atoms with Crippen molar-refractivity contribution in [2.45, 2.75) is 25.8 Å². The Balaban J connectivity index is 1.43. The molecule has 1 aromatic carbocycles. The quantitative estimate of drug-likeness (QED) is 0.565. The van der Waals surface area contributed by atoms with E-state index >= 15 is 0 Å². The van der Waals surface area contributed by atoms with Crippen molar-refractivity contribution >= 4 is 28.5 Å². The number of hydrogen-bond acceptors (Lipinski definition) is 5. The number of hydrogen-bond donors (Lipinski definition) is 2. The summed E-state index contributed by atoms with van der Waals surface area (Å²) in [5.74, 6) is 0.724. The van der Waals surface area contributed by atoms with Crippen molar-refractivity contribution in [1.29, 1.82) is 0 Å². The van der Waals surface area contributed by atoms with Gasteiger partial charge in [-0.3, -0.25) is 14.6 Å². The molecule has 1 aliphatic heterocycles. The lowest BCUT2D eigenvalue weighted by molar-refractivity contribution is -0.127. The molecule has 2 amide bonds. The van der Waals surface area contributed by atoms with E-state index in [0.29, 0.717) is 37.4 Å². The lowest BCUT2D eigenvalue weighted by Crippen LogP contribution is -2.30. The molecule has 0 saturated carbocycles. The highest BCUT2D eigenvalue weighted by Gasteiger charge is 2.19. The summed E-state index contributed by atoms with van der Waals surface area (Å²) in [6.07, 6.45) is 5.85. The molecule has 0 aliphatic carbocycles. The number of carbonyl (C=O) groups is 2. The average Bonchev–Trinajstić information content (AvgIpc) is 3.20. The maximum absolute atomic E-state index is 12.9. The molecule has 0 radical (unpaired) electrons. The third-order valence-electron chi connectivity index (χ3n) is 5.22. The van der Waals surface area contributed by atoms with Crippen LogP contribution in [-0.4, -0.2) is 46.3 Å². The molecule has 0 atom stereocenters. The molecule has 0 bridgehead atoms. The summed E-state index contributed by atoms with van der Waals surface area (Å²) in [7, 11) is 0. The molecule has 1 aliphatic rings. The van der Waals surface area contributed by atoms with Crippen LogP contribution in [-0.2, 0) is 11.3 Å². The van der Waals surface area contributed by atoms with E-state index in [0.717, 1.165) is 35.9 Å². The van der Waals surface area contributed by atoms with Gasteiger partial charge in [0.15, 0.2) is 0 Å². The van der Waals surface area contributed by atoms with Gasteiger partial charge >= 0.3 is 0 Å². The number of likely N-dealkylation sites (tertiary alicyclic amines) is 1. The number of nitrogens with one attached hydrogen (secondary N) is 2. The molecular formula is C23H25N5O2. The van der Waals surface area contributed by atoms with Crippen molar-refractivity contribution < 1.29 is 9.59 Å². The fraction of sp³-hybridized carbons (Fsp3) is 0.304. The van der Waals surface area contributed by atoms with Crippen molar-refractivity contribution in [2.24, 2.45) is 0 Å². The Labute approximate surface area is 175 Å². The van der Waals surface area contributed by atoms with Gasteiger partial charge < -0.3 is 15.5 Å². The van der Waals surface area contributed by atoms with Crippen molar-refractivity contribution in [3.05, 3.63) is 66.0 Å². The predicted octanol–water partition coefficient (Wildman–Crippen LogP) is 2.98. The van der Waals surface area contributed by atoms with E-state index in [9.17, 15) is 9.59 Å². The first kappa shape index (κ1) is 19.8. The first-order chi connectivity index (χ1) is 14.7. The van der Waals surface area contributed by atoms with E-state index in [2.05, 4.69) is 20.6 Å². The van der Waals surface area contributed by atoms with E-state index in [1.807, 2.05) is 41.3 Å². The summed E-state index contributed by atoms with van der Waals surface area (Å²) in [6.45, 7) is 2.61. The largest absolute Gasteiger partial charge is 0.366 e. The highest BCUT2D eigenvalue weighted by atomic mass is 16.2. The molecule has 4 rings (SSSR count). The van der Waals surface area contributed by atoms with E-state index in [4.69, 9.17) is 0 Å². The van der Waals surface area contributed by atoms with E-state index < -0.39 is 0 Å². The Morgan fingerprint density at radius 2 is 2.07 bits per heavy atom. The fourth-order valence-corrected chi connectivity index (χ4v) is 3.66. The molecule has 3 aromatic rings. The van der Waals surface area contributed by atoms with Crippen molar-refractivity contribution in [1.82, 2.24) is 20.2 Å². The third-order valence-corrected chi connectivity index (χ3v) is 5.22. The number of anilines is 1. The molecule has 2 N–H and O–H groups in total. The first-order valence-electron chi connectivity index (χ1n) is 10.3. The topological polar surface area (TPSA) is 87.2 Å². The van der Waals surface area contributed by atoms with Gasteiger partial charge in [0, 0.05) is 50.4 Å². The molecule has 2 aromatic heterocycles. The molecule has 0 unspecified atom stereocenters. The van der Waals surface area contributed by atoms with Crippen LogP contribution in [0.2, 0.25) is 0 Å². The number of carbonyl (C=O) groups excluding carboxylic acids is 2. The Kier molecular flexibility index (Phi) is 6.17. The normalized spacial score (nSPS) is 13.6. The molecule has 30 heavy (non-hydrogen) atoms. The minimum Gasteiger partial charge on any atom is -0.366 e. The second-order valence-corrected chi connectivity index (χ2v) is 7.38. The SMILES string of the molecule is O=C(NCCCN1CCCC1=O)c1cc(NCc2cccnc2)nc2ccccc12. The second kappa shape index (κ2) is 9.35. The molecule has 3 heterocycles. The van der Waals surface area contributed by atoms with Gasteiger partial charge in [0.05, 0.1) is 11.1 Å². The number of rotatable bonds is 8. The molecule has 1 fully saturated rings. The first-order valence-corrected chi connectivity index (χ1v) is 10.3. The number of para-hydroxylation sites is 1. The van der Waals surface area contributed by atoms with Crippen LogP contribution in [0.4, 0.5) is 5.82 Å². The maximum atomic E-state index is 12.9. The van der Waals surface area contributed by atoms with Crippen LogP contribution in [0.25, 0.3) is 10.9 Å². The number of aromatic nitrogens is 2. The molecule has 7 nitrogen and oxygen atoms in total. The Morgan fingerprint density at radius 3 is 2.87 bits per heavy atom. The maximum Gasteiger partial charge on any atom is 0.252 e. The Morgan fingerprint density at radius 1 is 1.17 bits per heavy atom. The number of nitrogens with zero attached hydrogens (tertiary/aromatic N) is 3. The average molecular weight is 403 g/mol. The predicted molar refractivity (Wildman–Crippen MR) is 116 cm³/mol. The zero-order valence-electron chi connectivity index (χ0n) is 16.8. The van der Waals surface area contributed by atoms with Crippen LogP contribution in [0, 0.1) is 0 Å². The van der Waals surface area contributed by atoms with Crippen LogP contribution < -0.4 is 10.6 Å². The number of pyridine rings is 2. The number of fused-ring (bicyclic) bond motifs is 1. The fourth-order valence-electron chi connectivity index (χ4n) is 3.66. The van der Waals surface area contributed by atoms with Crippen molar-refractivity contribution in [3.63, 3.8) is 0 Å². The van der Waals surface area contributed by atoms with Gasteiger partial charge in [-0.2, -0.15) is 0 Å². The highest BCUT2D eigenvalue weighted by molar-refractivity contribution is 6.06. The van der Waals surface area contributed by atoms with Gasteiger partial charge in [0.25, 0.3) is 5.91 Å². The molecule has 154 valence electrons. The Bertz CT molecular complexity index is 1040. The molecule has 7 heteroatoms. The summed E-state index contributed by atoms with van der Waals surface area (Å²) in [6, 6.07) is 13.3. The highest BCUT2D eigenvalue weighted by Crippen LogP contribution is 2.21.